The molecular formula is C24H35N5O4. The highest BCUT2D eigenvalue weighted by Crippen LogP contribution is 2.35. The number of aliphatic hydroxyl groups excluding tert-OH is 1. The Balaban J connectivity index is 1.84. The van der Waals surface area contributed by atoms with Gasteiger partial charge >= 0.3 is 0 Å². The van der Waals surface area contributed by atoms with Crippen LogP contribution in [0.2, 0.25) is 0 Å². The first-order valence-corrected chi connectivity index (χ1v) is 11.2. The number of ether oxygens (including phenoxy) is 1. The number of amides is 2. The fourth-order valence-electron chi connectivity index (χ4n) is 4.10. The molecule has 0 spiro atoms. The van der Waals surface area contributed by atoms with E-state index in [0.29, 0.717) is 12.3 Å². The van der Waals surface area contributed by atoms with Gasteiger partial charge in [0.25, 0.3) is 0 Å². The Morgan fingerprint density at radius 3 is 2.48 bits per heavy atom. The quantitative estimate of drug-likeness (QED) is 0.658. The van der Waals surface area contributed by atoms with Crippen LogP contribution in [0.3, 0.4) is 0 Å². The van der Waals surface area contributed by atoms with Gasteiger partial charge in [-0.2, -0.15) is 0 Å². The molecule has 0 bridgehead atoms. The number of rotatable bonds is 7. The summed E-state index contributed by atoms with van der Waals surface area (Å²) in [7, 11) is 1.53. The summed E-state index contributed by atoms with van der Waals surface area (Å²) in [5.41, 5.74) is 0.407. The Morgan fingerprint density at radius 2 is 1.88 bits per heavy atom. The molecule has 2 unspecified atom stereocenters. The van der Waals surface area contributed by atoms with Gasteiger partial charge in [-0.3, -0.25) is 9.59 Å². The third-order valence-electron chi connectivity index (χ3n) is 6.00. The minimum Gasteiger partial charge on any atom is -0.391 e. The Kier molecular flexibility index (Phi) is 7.23. The molecule has 2 amide bonds. The number of benzene rings is 1. The number of nitrogens with zero attached hydrogens (tertiary/aromatic N) is 4. The maximum Gasteiger partial charge on any atom is 0.248 e. The number of likely N-dealkylation sites (N-methyl/N-ethyl adjacent to an activating group) is 1. The van der Waals surface area contributed by atoms with E-state index >= 15 is 0 Å². The largest absolute Gasteiger partial charge is 0.391 e. The second-order valence-electron chi connectivity index (χ2n) is 10.1. The van der Waals surface area contributed by atoms with Crippen molar-refractivity contribution in [2.75, 3.05) is 13.6 Å². The molecule has 0 aliphatic carbocycles. The average Bonchev–Trinajstić information content (AvgIpc) is 3.39. The fraction of sp³-hybridized carbons (Fsp3) is 0.583. The van der Waals surface area contributed by atoms with Crippen molar-refractivity contribution in [1.82, 2.24) is 25.2 Å². The zero-order chi connectivity index (χ0) is 24.4. The zero-order valence-electron chi connectivity index (χ0n) is 20.3. The standard InChI is InChI=1S/C24H35N5O4/c1-23(2,3)20(22(32)28-13-17(30)12-18(28)21(31)25-6)29-14-19(26-27-29)24(4,5)33-15-16-10-8-7-9-11-16/h7-11,14,17-18,20,30H,12-13,15H2,1-6H3,(H,25,31)/t17?,18?,20-/m1/s1. The second-order valence-corrected chi connectivity index (χ2v) is 10.1. The number of hydrogen-bond donors (Lipinski definition) is 2. The molecule has 9 heteroatoms. The van der Waals surface area contributed by atoms with Gasteiger partial charge < -0.3 is 20.1 Å². The third-order valence-corrected chi connectivity index (χ3v) is 6.00. The monoisotopic (exact) mass is 457 g/mol. The third kappa shape index (κ3) is 5.59. The summed E-state index contributed by atoms with van der Waals surface area (Å²) < 4.78 is 7.67. The average molecular weight is 458 g/mol. The molecule has 1 saturated heterocycles. The van der Waals surface area contributed by atoms with Crippen LogP contribution in [0, 0.1) is 5.41 Å². The second kappa shape index (κ2) is 9.61. The SMILES string of the molecule is CNC(=O)C1CC(O)CN1C(=O)[C@@H](n1cc(C(C)(C)OCc2ccccc2)nn1)C(C)(C)C. The Bertz CT molecular complexity index is 967. The number of nitrogens with one attached hydrogen (secondary N) is 1. The number of likely N-dealkylation sites (tertiary alicyclic amines) is 1. The van der Waals surface area contributed by atoms with Gasteiger partial charge in [0.2, 0.25) is 11.8 Å². The van der Waals surface area contributed by atoms with E-state index in [2.05, 4.69) is 15.6 Å². The molecule has 1 fully saturated rings. The summed E-state index contributed by atoms with van der Waals surface area (Å²) in [5, 5.41) is 21.3. The molecule has 2 heterocycles. The minimum absolute atomic E-state index is 0.108. The van der Waals surface area contributed by atoms with Crippen molar-refractivity contribution in [2.45, 2.75) is 71.4 Å². The predicted octanol–water partition coefficient (Wildman–Crippen LogP) is 2.02. The molecule has 1 aromatic carbocycles. The van der Waals surface area contributed by atoms with Crippen LogP contribution in [0.5, 0.6) is 0 Å². The van der Waals surface area contributed by atoms with Crippen LogP contribution in [-0.4, -0.2) is 62.6 Å². The van der Waals surface area contributed by atoms with Crippen molar-refractivity contribution in [3.63, 3.8) is 0 Å². The molecule has 2 N–H and O–H groups in total. The van der Waals surface area contributed by atoms with E-state index in [1.807, 2.05) is 65.0 Å². The first-order chi connectivity index (χ1) is 15.4. The lowest BCUT2D eigenvalue weighted by atomic mass is 9.85. The van der Waals surface area contributed by atoms with Crippen LogP contribution in [0.15, 0.2) is 36.5 Å². The molecule has 3 rings (SSSR count). The van der Waals surface area contributed by atoms with Crippen molar-refractivity contribution >= 4 is 11.8 Å². The van der Waals surface area contributed by atoms with Gasteiger partial charge in [0.1, 0.15) is 23.4 Å². The summed E-state index contributed by atoms with van der Waals surface area (Å²) >= 11 is 0. The van der Waals surface area contributed by atoms with Gasteiger partial charge in [-0.25, -0.2) is 4.68 Å². The molecule has 3 atom stereocenters. The maximum atomic E-state index is 13.7. The Labute approximate surface area is 195 Å². The Hall–Kier alpha value is -2.78. The highest BCUT2D eigenvalue weighted by atomic mass is 16.5. The topological polar surface area (TPSA) is 110 Å². The highest BCUT2D eigenvalue weighted by Gasteiger charge is 2.45. The van der Waals surface area contributed by atoms with Crippen molar-refractivity contribution < 1.29 is 19.4 Å². The van der Waals surface area contributed by atoms with Gasteiger partial charge in [-0.15, -0.1) is 5.10 Å². The molecule has 0 saturated carbocycles. The van der Waals surface area contributed by atoms with E-state index in [4.69, 9.17) is 4.74 Å². The minimum atomic E-state index is -0.742. The number of aromatic nitrogens is 3. The van der Waals surface area contributed by atoms with Crippen molar-refractivity contribution in [1.29, 1.82) is 0 Å². The summed E-state index contributed by atoms with van der Waals surface area (Å²) in [6.07, 6.45) is 1.21. The lowest BCUT2D eigenvalue weighted by molar-refractivity contribution is -0.144. The first-order valence-electron chi connectivity index (χ1n) is 11.2. The van der Waals surface area contributed by atoms with Crippen LogP contribution in [0.25, 0.3) is 0 Å². The lowest BCUT2D eigenvalue weighted by Gasteiger charge is -2.34. The summed E-state index contributed by atoms with van der Waals surface area (Å²) in [6.45, 7) is 10.2. The number of carbonyl (C=O) groups is 2. The Morgan fingerprint density at radius 1 is 1.21 bits per heavy atom. The van der Waals surface area contributed by atoms with Gasteiger partial charge in [-0.1, -0.05) is 56.3 Å². The summed E-state index contributed by atoms with van der Waals surface area (Å²) in [5.74, 6) is -0.561. The number of carbonyl (C=O) groups excluding carboxylic acids is 2. The zero-order valence-corrected chi connectivity index (χ0v) is 20.3. The number of aliphatic hydroxyl groups is 1. The van der Waals surface area contributed by atoms with Gasteiger partial charge in [0.15, 0.2) is 0 Å². The molecule has 1 aromatic heterocycles. The van der Waals surface area contributed by atoms with E-state index in [0.717, 1.165) is 5.56 Å². The molecule has 1 aliphatic rings. The van der Waals surface area contributed by atoms with Crippen LogP contribution >= 0.6 is 0 Å². The van der Waals surface area contributed by atoms with Crippen molar-refractivity contribution in [2.24, 2.45) is 5.41 Å². The van der Waals surface area contributed by atoms with E-state index in [-0.39, 0.29) is 24.8 Å². The molecule has 180 valence electrons. The van der Waals surface area contributed by atoms with Crippen LogP contribution in [0.1, 0.15) is 58.3 Å². The normalized spacial score (nSPS) is 20.0. The molecule has 9 nitrogen and oxygen atoms in total. The van der Waals surface area contributed by atoms with Crippen molar-refractivity contribution in [3.05, 3.63) is 47.8 Å². The smallest absolute Gasteiger partial charge is 0.248 e. The molecule has 0 radical (unpaired) electrons. The molecular weight excluding hydrogens is 422 g/mol. The van der Waals surface area contributed by atoms with E-state index in [1.54, 1.807) is 10.9 Å². The maximum absolute atomic E-state index is 13.7. The van der Waals surface area contributed by atoms with Crippen LogP contribution in [0.4, 0.5) is 0 Å². The lowest BCUT2D eigenvalue weighted by Crippen LogP contribution is -2.49. The molecule has 33 heavy (non-hydrogen) atoms. The summed E-state index contributed by atoms with van der Waals surface area (Å²) in [6, 6.07) is 8.45. The first kappa shape index (κ1) is 24.9. The van der Waals surface area contributed by atoms with E-state index in [1.165, 1.54) is 11.9 Å². The number of hydrogen-bond acceptors (Lipinski definition) is 6. The van der Waals surface area contributed by atoms with Gasteiger partial charge in [0, 0.05) is 20.0 Å². The molecule has 1 aliphatic heterocycles. The van der Waals surface area contributed by atoms with Crippen LogP contribution < -0.4 is 5.32 Å². The summed E-state index contributed by atoms with van der Waals surface area (Å²) in [4.78, 5) is 27.5. The van der Waals surface area contributed by atoms with E-state index < -0.39 is 29.2 Å². The molecule has 2 aromatic rings. The highest BCUT2D eigenvalue weighted by molar-refractivity contribution is 5.90. The van der Waals surface area contributed by atoms with Gasteiger partial charge in [-0.05, 0) is 24.8 Å². The fourth-order valence-corrected chi connectivity index (χ4v) is 4.10. The van der Waals surface area contributed by atoms with Crippen molar-refractivity contribution in [3.8, 4) is 0 Å². The van der Waals surface area contributed by atoms with Crippen LogP contribution in [-0.2, 0) is 26.5 Å². The predicted molar refractivity (Wildman–Crippen MR) is 123 cm³/mol. The van der Waals surface area contributed by atoms with E-state index in [9.17, 15) is 14.7 Å². The van der Waals surface area contributed by atoms with Gasteiger partial charge in [0.05, 0.1) is 18.9 Å². The number of β-amino-alcohol motifs (C(OH)–C–C–N with tert-alkyl or cyclic N) is 1.